The molecule has 1 heterocycles. The van der Waals surface area contributed by atoms with Crippen LogP contribution in [0.1, 0.15) is 26.7 Å². The lowest BCUT2D eigenvalue weighted by atomic mass is 9.88. The summed E-state index contributed by atoms with van der Waals surface area (Å²) in [5.74, 6) is 0. The van der Waals surface area contributed by atoms with Gasteiger partial charge in [-0.15, -0.1) is 0 Å². The second-order valence-corrected chi connectivity index (χ2v) is 5.72. The maximum absolute atomic E-state index is 8.66. The minimum Gasteiger partial charge on any atom is -0.385 e. The Morgan fingerprint density at radius 3 is 2.65 bits per heavy atom. The molecule has 0 saturated carbocycles. The van der Waals surface area contributed by atoms with Gasteiger partial charge in [-0.2, -0.15) is 5.26 Å². The van der Waals surface area contributed by atoms with E-state index in [9.17, 15) is 0 Å². The molecule has 0 radical (unpaired) electrons. The van der Waals surface area contributed by atoms with E-state index in [-0.39, 0.29) is 5.41 Å². The van der Waals surface area contributed by atoms with Crippen molar-refractivity contribution in [3.63, 3.8) is 0 Å². The zero-order valence-corrected chi connectivity index (χ0v) is 12.0. The van der Waals surface area contributed by atoms with Gasteiger partial charge >= 0.3 is 0 Å². The van der Waals surface area contributed by atoms with Crippen LogP contribution in [0, 0.1) is 16.7 Å². The zero-order valence-electron chi connectivity index (χ0n) is 12.0. The van der Waals surface area contributed by atoms with Crippen molar-refractivity contribution in [2.24, 2.45) is 5.41 Å². The zero-order chi connectivity index (χ0) is 14.4. The van der Waals surface area contributed by atoms with E-state index < -0.39 is 0 Å². The number of nitrogens with zero attached hydrogens (tertiary/aromatic N) is 2. The molecular weight excluding hydrogens is 248 g/mol. The van der Waals surface area contributed by atoms with E-state index in [1.165, 1.54) is 0 Å². The molecule has 20 heavy (non-hydrogen) atoms. The quantitative estimate of drug-likeness (QED) is 0.837. The van der Waals surface area contributed by atoms with Gasteiger partial charge in [0.15, 0.2) is 0 Å². The van der Waals surface area contributed by atoms with Crippen molar-refractivity contribution >= 4 is 5.69 Å². The summed E-state index contributed by atoms with van der Waals surface area (Å²) in [5.41, 5.74) is 3.36. The Labute approximate surface area is 119 Å². The van der Waals surface area contributed by atoms with Crippen molar-refractivity contribution in [1.82, 2.24) is 9.97 Å². The van der Waals surface area contributed by atoms with Crippen molar-refractivity contribution in [2.45, 2.75) is 26.7 Å². The van der Waals surface area contributed by atoms with Crippen LogP contribution < -0.4 is 5.32 Å². The average Bonchev–Trinajstić information content (AvgIpc) is 2.98. The third-order valence-electron chi connectivity index (χ3n) is 3.38. The lowest BCUT2D eigenvalue weighted by Crippen LogP contribution is -2.22. The highest BCUT2D eigenvalue weighted by molar-refractivity contribution is 5.61. The number of hydrogen-bond acceptors (Lipinski definition) is 3. The Morgan fingerprint density at radius 1 is 1.30 bits per heavy atom. The number of hydrogen-bond donors (Lipinski definition) is 2. The minimum absolute atomic E-state index is 0.123. The van der Waals surface area contributed by atoms with Crippen LogP contribution >= 0.6 is 0 Å². The Morgan fingerprint density at radius 2 is 2.05 bits per heavy atom. The monoisotopic (exact) mass is 268 g/mol. The van der Waals surface area contributed by atoms with E-state index in [4.69, 9.17) is 5.26 Å². The summed E-state index contributed by atoms with van der Waals surface area (Å²) in [4.78, 5) is 7.11. The SMILES string of the molecule is CC(C)(CCC#N)CNc1ccc(-c2cnc[nH]2)cc1. The average molecular weight is 268 g/mol. The van der Waals surface area contributed by atoms with Crippen LogP contribution in [0.4, 0.5) is 5.69 Å². The molecule has 4 nitrogen and oxygen atoms in total. The van der Waals surface area contributed by atoms with Crippen molar-refractivity contribution in [3.8, 4) is 17.3 Å². The molecule has 0 fully saturated rings. The van der Waals surface area contributed by atoms with E-state index in [2.05, 4.69) is 59.5 Å². The maximum Gasteiger partial charge on any atom is 0.0924 e. The molecule has 2 rings (SSSR count). The molecule has 0 aliphatic rings. The standard InChI is InChI=1S/C16H20N4/c1-16(2,8-3-9-17)11-19-14-6-4-13(5-7-14)15-10-18-12-20-15/h4-7,10,12,19H,3,8,11H2,1-2H3,(H,18,20). The van der Waals surface area contributed by atoms with E-state index in [0.29, 0.717) is 6.42 Å². The van der Waals surface area contributed by atoms with Crippen molar-refractivity contribution in [2.75, 3.05) is 11.9 Å². The first-order valence-electron chi connectivity index (χ1n) is 6.80. The van der Waals surface area contributed by atoms with Gasteiger partial charge in [0.25, 0.3) is 0 Å². The third kappa shape index (κ3) is 3.86. The van der Waals surface area contributed by atoms with Gasteiger partial charge in [0.1, 0.15) is 0 Å². The van der Waals surface area contributed by atoms with Crippen LogP contribution in [-0.4, -0.2) is 16.5 Å². The number of aromatic nitrogens is 2. The maximum atomic E-state index is 8.66. The first-order chi connectivity index (χ1) is 9.61. The molecule has 1 aromatic carbocycles. The molecule has 0 spiro atoms. The van der Waals surface area contributed by atoms with Crippen LogP contribution in [0.15, 0.2) is 36.8 Å². The first kappa shape index (κ1) is 14.1. The molecule has 0 unspecified atom stereocenters. The summed E-state index contributed by atoms with van der Waals surface area (Å²) in [7, 11) is 0. The summed E-state index contributed by atoms with van der Waals surface area (Å²) in [5, 5.41) is 12.1. The summed E-state index contributed by atoms with van der Waals surface area (Å²) in [6.45, 7) is 5.21. The summed E-state index contributed by atoms with van der Waals surface area (Å²) in [6, 6.07) is 10.5. The van der Waals surface area contributed by atoms with Gasteiger partial charge in [0.05, 0.1) is 24.3 Å². The van der Waals surface area contributed by atoms with Gasteiger partial charge in [-0.1, -0.05) is 26.0 Å². The van der Waals surface area contributed by atoms with Gasteiger partial charge in [0.2, 0.25) is 0 Å². The molecule has 0 atom stereocenters. The molecule has 0 amide bonds. The molecule has 0 bridgehead atoms. The third-order valence-corrected chi connectivity index (χ3v) is 3.38. The summed E-state index contributed by atoms with van der Waals surface area (Å²) in [6.07, 6.45) is 5.00. The van der Waals surface area contributed by atoms with Crippen LogP contribution in [-0.2, 0) is 0 Å². The Balaban J connectivity index is 1.93. The van der Waals surface area contributed by atoms with Gasteiger partial charge in [-0.25, -0.2) is 4.98 Å². The Hall–Kier alpha value is -2.28. The van der Waals surface area contributed by atoms with Crippen molar-refractivity contribution < 1.29 is 0 Å². The van der Waals surface area contributed by atoms with Crippen molar-refractivity contribution in [3.05, 3.63) is 36.8 Å². The Bertz CT molecular complexity index is 562. The number of anilines is 1. The molecule has 1 aromatic heterocycles. The fourth-order valence-corrected chi connectivity index (χ4v) is 2.01. The molecule has 0 saturated heterocycles. The Kier molecular flexibility index (Phi) is 4.41. The van der Waals surface area contributed by atoms with Crippen molar-refractivity contribution in [1.29, 1.82) is 5.26 Å². The molecule has 0 aliphatic heterocycles. The predicted octanol–water partition coefficient (Wildman–Crippen LogP) is 3.82. The minimum atomic E-state index is 0.123. The number of benzene rings is 1. The summed E-state index contributed by atoms with van der Waals surface area (Å²) >= 11 is 0. The fraction of sp³-hybridized carbons (Fsp3) is 0.375. The number of H-pyrrole nitrogens is 1. The molecular formula is C16H20N4. The van der Waals surface area contributed by atoms with Crippen LogP contribution in [0.3, 0.4) is 0 Å². The van der Waals surface area contributed by atoms with Gasteiger partial charge in [0, 0.05) is 18.7 Å². The molecule has 4 heteroatoms. The van der Waals surface area contributed by atoms with E-state index in [0.717, 1.165) is 29.9 Å². The second kappa shape index (κ2) is 6.25. The predicted molar refractivity (Wildman–Crippen MR) is 81.1 cm³/mol. The lowest BCUT2D eigenvalue weighted by molar-refractivity contribution is 0.364. The number of rotatable bonds is 6. The van der Waals surface area contributed by atoms with Crippen LogP contribution in [0.2, 0.25) is 0 Å². The highest BCUT2D eigenvalue weighted by atomic mass is 14.9. The number of aromatic amines is 1. The second-order valence-electron chi connectivity index (χ2n) is 5.72. The smallest absolute Gasteiger partial charge is 0.0924 e. The van der Waals surface area contributed by atoms with Gasteiger partial charge in [-0.3, -0.25) is 0 Å². The summed E-state index contributed by atoms with van der Waals surface area (Å²) < 4.78 is 0. The topological polar surface area (TPSA) is 64.5 Å². The number of imidazole rings is 1. The lowest BCUT2D eigenvalue weighted by Gasteiger charge is -2.24. The molecule has 2 N–H and O–H groups in total. The van der Waals surface area contributed by atoms with Crippen LogP contribution in [0.25, 0.3) is 11.3 Å². The molecule has 104 valence electrons. The van der Waals surface area contributed by atoms with Gasteiger partial charge in [-0.05, 0) is 29.5 Å². The first-order valence-corrected chi connectivity index (χ1v) is 6.80. The molecule has 0 aliphatic carbocycles. The normalized spacial score (nSPS) is 11.1. The number of nitriles is 1. The molecule has 2 aromatic rings. The van der Waals surface area contributed by atoms with E-state index in [1.54, 1.807) is 6.33 Å². The highest BCUT2D eigenvalue weighted by Gasteiger charge is 2.16. The van der Waals surface area contributed by atoms with E-state index >= 15 is 0 Å². The van der Waals surface area contributed by atoms with Crippen LogP contribution in [0.5, 0.6) is 0 Å². The van der Waals surface area contributed by atoms with Gasteiger partial charge < -0.3 is 10.3 Å². The van der Waals surface area contributed by atoms with E-state index in [1.807, 2.05) is 6.20 Å². The highest BCUT2D eigenvalue weighted by Crippen LogP contribution is 2.24. The largest absolute Gasteiger partial charge is 0.385 e. The number of nitrogens with one attached hydrogen (secondary N) is 2. The fourth-order valence-electron chi connectivity index (χ4n) is 2.01.